The van der Waals surface area contributed by atoms with Gasteiger partial charge in [0.15, 0.2) is 0 Å². The van der Waals surface area contributed by atoms with Gasteiger partial charge in [-0.3, -0.25) is 9.69 Å². The highest BCUT2D eigenvalue weighted by Gasteiger charge is 2.22. The number of methoxy groups -OCH3 is 2. The van der Waals surface area contributed by atoms with Crippen molar-refractivity contribution in [3.63, 3.8) is 0 Å². The van der Waals surface area contributed by atoms with E-state index in [1.165, 1.54) is 0 Å². The van der Waals surface area contributed by atoms with E-state index in [9.17, 15) is 9.90 Å². The second kappa shape index (κ2) is 9.47. The summed E-state index contributed by atoms with van der Waals surface area (Å²) in [5.74, 6) is -1.35. The van der Waals surface area contributed by atoms with Crippen LogP contribution in [0.25, 0.3) is 0 Å². The molecule has 0 spiro atoms. The molecule has 5 nitrogen and oxygen atoms in total. The van der Waals surface area contributed by atoms with Crippen molar-refractivity contribution in [2.75, 3.05) is 47.1 Å². The third kappa shape index (κ3) is 5.69. The Morgan fingerprint density at radius 3 is 2.15 bits per heavy atom. The minimum Gasteiger partial charge on any atom is -0.481 e. The Kier molecular flexibility index (Phi) is 7.87. The SMILES string of the molecule is COCCN(CCOC)CC(C(=O)O)c1ccccc1. The number of aliphatic carboxylic acids is 1. The number of benzene rings is 1. The van der Waals surface area contributed by atoms with Crippen molar-refractivity contribution < 1.29 is 19.4 Å². The van der Waals surface area contributed by atoms with Gasteiger partial charge in [-0.25, -0.2) is 0 Å². The van der Waals surface area contributed by atoms with Gasteiger partial charge in [-0.15, -0.1) is 0 Å². The second-order valence-corrected chi connectivity index (χ2v) is 4.59. The summed E-state index contributed by atoms with van der Waals surface area (Å²) in [6.45, 7) is 2.98. The fraction of sp³-hybridized carbons (Fsp3) is 0.533. The van der Waals surface area contributed by atoms with Crippen molar-refractivity contribution in [2.45, 2.75) is 5.92 Å². The fourth-order valence-corrected chi connectivity index (χ4v) is 2.00. The van der Waals surface area contributed by atoms with E-state index in [0.29, 0.717) is 32.8 Å². The lowest BCUT2D eigenvalue weighted by Gasteiger charge is -2.25. The lowest BCUT2D eigenvalue weighted by atomic mass is 9.98. The van der Waals surface area contributed by atoms with E-state index < -0.39 is 11.9 Å². The Labute approximate surface area is 120 Å². The maximum absolute atomic E-state index is 11.5. The topological polar surface area (TPSA) is 59.0 Å². The molecule has 0 aliphatic carbocycles. The molecule has 0 saturated carbocycles. The van der Waals surface area contributed by atoms with E-state index in [0.717, 1.165) is 5.56 Å². The van der Waals surface area contributed by atoms with E-state index in [4.69, 9.17) is 9.47 Å². The zero-order chi connectivity index (χ0) is 14.8. The monoisotopic (exact) mass is 281 g/mol. The molecular formula is C15H23NO4. The molecule has 1 N–H and O–H groups in total. The number of hydrogen-bond acceptors (Lipinski definition) is 4. The van der Waals surface area contributed by atoms with Gasteiger partial charge >= 0.3 is 5.97 Å². The molecule has 0 aliphatic heterocycles. The van der Waals surface area contributed by atoms with Crippen molar-refractivity contribution in [2.24, 2.45) is 0 Å². The highest BCUT2D eigenvalue weighted by molar-refractivity contribution is 5.76. The van der Waals surface area contributed by atoms with Crippen LogP contribution in [0.15, 0.2) is 30.3 Å². The van der Waals surface area contributed by atoms with E-state index in [1.807, 2.05) is 30.3 Å². The number of ether oxygens (including phenoxy) is 2. The number of carboxylic acid groups (broad SMARTS) is 1. The van der Waals surface area contributed by atoms with Crippen LogP contribution in [0.2, 0.25) is 0 Å². The zero-order valence-corrected chi connectivity index (χ0v) is 12.1. The maximum Gasteiger partial charge on any atom is 0.312 e. The first kappa shape index (κ1) is 16.6. The van der Waals surface area contributed by atoms with Gasteiger partial charge in [0.05, 0.1) is 19.1 Å². The van der Waals surface area contributed by atoms with Crippen molar-refractivity contribution in [3.05, 3.63) is 35.9 Å². The summed E-state index contributed by atoms with van der Waals surface area (Å²) >= 11 is 0. The highest BCUT2D eigenvalue weighted by atomic mass is 16.5. The molecule has 0 aliphatic rings. The zero-order valence-electron chi connectivity index (χ0n) is 12.1. The Morgan fingerprint density at radius 1 is 1.15 bits per heavy atom. The molecule has 1 rings (SSSR count). The summed E-state index contributed by atoms with van der Waals surface area (Å²) in [4.78, 5) is 13.5. The van der Waals surface area contributed by atoms with E-state index in [-0.39, 0.29) is 0 Å². The quantitative estimate of drug-likeness (QED) is 0.703. The molecule has 0 saturated heterocycles. The molecule has 5 heteroatoms. The van der Waals surface area contributed by atoms with Crippen LogP contribution >= 0.6 is 0 Å². The van der Waals surface area contributed by atoms with E-state index in [1.54, 1.807) is 14.2 Å². The van der Waals surface area contributed by atoms with E-state index in [2.05, 4.69) is 4.90 Å². The van der Waals surface area contributed by atoms with Crippen LogP contribution in [0.3, 0.4) is 0 Å². The summed E-state index contributed by atoms with van der Waals surface area (Å²) in [7, 11) is 3.28. The summed E-state index contributed by atoms with van der Waals surface area (Å²) < 4.78 is 10.1. The molecule has 1 aromatic carbocycles. The Bertz CT molecular complexity index is 375. The third-order valence-electron chi connectivity index (χ3n) is 3.16. The van der Waals surface area contributed by atoms with Gasteiger partial charge < -0.3 is 14.6 Å². The normalized spacial score (nSPS) is 12.6. The summed E-state index contributed by atoms with van der Waals surface area (Å²) in [6, 6.07) is 9.31. The summed E-state index contributed by atoms with van der Waals surface area (Å²) in [5, 5.41) is 9.44. The molecule has 0 bridgehead atoms. The van der Waals surface area contributed by atoms with Crippen LogP contribution in [-0.2, 0) is 14.3 Å². The van der Waals surface area contributed by atoms with Crippen LogP contribution in [0.4, 0.5) is 0 Å². The largest absolute Gasteiger partial charge is 0.481 e. The average Bonchev–Trinajstić information content (AvgIpc) is 2.47. The molecule has 1 unspecified atom stereocenters. The summed E-state index contributed by atoms with van der Waals surface area (Å²) in [5.41, 5.74) is 0.819. The molecule has 0 heterocycles. The summed E-state index contributed by atoms with van der Waals surface area (Å²) in [6.07, 6.45) is 0. The molecule has 0 fully saturated rings. The van der Waals surface area contributed by atoms with Crippen LogP contribution < -0.4 is 0 Å². The Hall–Kier alpha value is -1.43. The number of nitrogens with zero attached hydrogens (tertiary/aromatic N) is 1. The van der Waals surface area contributed by atoms with Gasteiger partial charge in [0.1, 0.15) is 0 Å². The first-order chi connectivity index (χ1) is 9.69. The first-order valence-corrected chi connectivity index (χ1v) is 6.67. The number of hydrogen-bond donors (Lipinski definition) is 1. The van der Waals surface area contributed by atoms with Crippen molar-refractivity contribution in [3.8, 4) is 0 Å². The molecule has 0 radical (unpaired) electrons. The predicted octanol–water partition coefficient (Wildman–Crippen LogP) is 1.45. The lowest BCUT2D eigenvalue weighted by Crippen LogP contribution is -2.36. The van der Waals surface area contributed by atoms with Crippen LogP contribution in [0.1, 0.15) is 11.5 Å². The number of rotatable bonds is 10. The first-order valence-electron chi connectivity index (χ1n) is 6.67. The van der Waals surface area contributed by atoms with Crippen LogP contribution in [0.5, 0.6) is 0 Å². The van der Waals surface area contributed by atoms with Gasteiger partial charge in [-0.05, 0) is 5.56 Å². The predicted molar refractivity (Wildman–Crippen MR) is 77.0 cm³/mol. The second-order valence-electron chi connectivity index (χ2n) is 4.59. The molecule has 112 valence electrons. The van der Waals surface area contributed by atoms with Crippen molar-refractivity contribution >= 4 is 5.97 Å². The van der Waals surface area contributed by atoms with Gasteiger partial charge in [-0.2, -0.15) is 0 Å². The molecule has 20 heavy (non-hydrogen) atoms. The molecular weight excluding hydrogens is 258 g/mol. The lowest BCUT2D eigenvalue weighted by molar-refractivity contribution is -0.139. The van der Waals surface area contributed by atoms with E-state index >= 15 is 0 Å². The number of carboxylic acids is 1. The highest BCUT2D eigenvalue weighted by Crippen LogP contribution is 2.17. The van der Waals surface area contributed by atoms with Gasteiger partial charge in [0, 0.05) is 33.9 Å². The smallest absolute Gasteiger partial charge is 0.312 e. The van der Waals surface area contributed by atoms with Crippen molar-refractivity contribution in [1.82, 2.24) is 4.90 Å². The van der Waals surface area contributed by atoms with Gasteiger partial charge in [-0.1, -0.05) is 30.3 Å². The number of carbonyl (C=O) groups is 1. The molecule has 0 aromatic heterocycles. The minimum absolute atomic E-state index is 0.450. The van der Waals surface area contributed by atoms with Crippen molar-refractivity contribution in [1.29, 1.82) is 0 Å². The molecule has 1 aromatic rings. The van der Waals surface area contributed by atoms with Crippen LogP contribution in [0, 0.1) is 0 Å². The average molecular weight is 281 g/mol. The molecule has 1 atom stereocenters. The van der Waals surface area contributed by atoms with Gasteiger partial charge in [0.25, 0.3) is 0 Å². The fourth-order valence-electron chi connectivity index (χ4n) is 2.00. The van der Waals surface area contributed by atoms with Crippen LogP contribution in [-0.4, -0.2) is 63.0 Å². The third-order valence-corrected chi connectivity index (χ3v) is 3.16. The Morgan fingerprint density at radius 2 is 1.70 bits per heavy atom. The minimum atomic E-state index is -0.809. The standard InChI is InChI=1S/C15H23NO4/c1-19-10-8-16(9-11-20-2)12-14(15(17)18)13-6-4-3-5-7-13/h3-7,14H,8-12H2,1-2H3,(H,17,18). The Balaban J connectivity index is 2.72. The van der Waals surface area contributed by atoms with Gasteiger partial charge in [0.2, 0.25) is 0 Å². The maximum atomic E-state index is 11.5. The molecule has 0 amide bonds.